The maximum absolute atomic E-state index is 6.30. The van der Waals surface area contributed by atoms with Crippen LogP contribution in [-0.2, 0) is 11.8 Å². The minimum atomic E-state index is -0.152. The molecule has 2 aromatic rings. The first-order valence-electron chi connectivity index (χ1n) is 8.71. The molecule has 6 rings (SSSR count). The van der Waals surface area contributed by atoms with E-state index in [9.17, 15) is 0 Å². The van der Waals surface area contributed by atoms with Crippen molar-refractivity contribution in [2.75, 3.05) is 17.7 Å². The zero-order valence-electron chi connectivity index (χ0n) is 14.1. The van der Waals surface area contributed by atoms with E-state index in [-0.39, 0.29) is 5.41 Å². The van der Waals surface area contributed by atoms with Crippen molar-refractivity contribution in [3.8, 4) is 0 Å². The molecule has 2 atom stereocenters. The minimum Gasteiger partial charge on any atom is -0.372 e. The minimum absolute atomic E-state index is 0.152. The molecule has 2 bridgehead atoms. The molecule has 4 heterocycles. The Morgan fingerprint density at radius 1 is 1.42 bits per heavy atom. The van der Waals surface area contributed by atoms with Crippen LogP contribution in [-0.4, -0.2) is 16.6 Å². The smallest absolute Gasteiger partial charge is 0.0801 e. The van der Waals surface area contributed by atoms with Crippen LogP contribution in [0, 0.1) is 0 Å². The van der Waals surface area contributed by atoms with Crippen LogP contribution in [0.5, 0.6) is 0 Å². The van der Waals surface area contributed by atoms with Gasteiger partial charge in [-0.2, -0.15) is 0 Å². The molecule has 1 aromatic carbocycles. The highest BCUT2D eigenvalue weighted by Crippen LogP contribution is 2.59. The molecule has 1 aliphatic carbocycles. The molecule has 4 aliphatic rings. The van der Waals surface area contributed by atoms with Gasteiger partial charge in [0.1, 0.15) is 0 Å². The first kappa shape index (κ1) is 15.2. The van der Waals surface area contributed by atoms with Crippen molar-refractivity contribution in [3.63, 3.8) is 0 Å². The van der Waals surface area contributed by atoms with Crippen LogP contribution in [0.15, 0.2) is 44.9 Å². The van der Waals surface area contributed by atoms with Gasteiger partial charge in [-0.25, -0.2) is 0 Å². The Labute approximate surface area is 163 Å². The van der Waals surface area contributed by atoms with Gasteiger partial charge >= 0.3 is 0 Å². The molecule has 6 heteroatoms. The number of nitrogens with one attached hydrogen (secondary N) is 1. The molecule has 2 unspecified atom stereocenters. The summed E-state index contributed by atoms with van der Waals surface area (Å²) in [6.45, 7) is 9.40. The largest absolute Gasteiger partial charge is 0.372 e. The highest BCUT2D eigenvalue weighted by atomic mass is 79.9. The molecule has 1 spiro atoms. The van der Waals surface area contributed by atoms with Crippen LogP contribution in [0.2, 0.25) is 0 Å². The predicted octanol–water partition coefficient (Wildman–Crippen LogP) is 2.80. The van der Waals surface area contributed by atoms with Gasteiger partial charge in [0.15, 0.2) is 0 Å². The molecule has 0 radical (unpaired) electrons. The number of nitrogens with zero attached hydrogens (tertiary/aromatic N) is 2. The maximum Gasteiger partial charge on any atom is 0.0801 e. The number of halogens is 1. The fraction of sp³-hybridized carbons (Fsp3) is 0.250. The lowest BCUT2D eigenvalue weighted by Crippen LogP contribution is -2.41. The number of anilines is 1. The fourth-order valence-corrected chi connectivity index (χ4v) is 6.95. The highest BCUT2D eigenvalue weighted by Gasteiger charge is 2.51. The van der Waals surface area contributed by atoms with Gasteiger partial charge in [0.25, 0.3) is 0 Å². The fourth-order valence-electron chi connectivity index (χ4n) is 4.95. The van der Waals surface area contributed by atoms with E-state index in [0.29, 0.717) is 5.37 Å². The summed E-state index contributed by atoms with van der Waals surface area (Å²) in [5.41, 5.74) is 5.52. The molecule has 3 N–H and O–H groups in total. The van der Waals surface area contributed by atoms with Crippen molar-refractivity contribution in [1.82, 2.24) is 4.68 Å². The molecule has 4 nitrogen and oxygen atoms in total. The normalized spacial score (nSPS) is 28.0. The van der Waals surface area contributed by atoms with Gasteiger partial charge in [0.2, 0.25) is 0 Å². The summed E-state index contributed by atoms with van der Waals surface area (Å²) in [6.07, 6.45) is 8.55. The van der Waals surface area contributed by atoms with E-state index in [1.165, 1.54) is 21.4 Å². The zero-order valence-corrected chi connectivity index (χ0v) is 16.5. The Balaban J connectivity index is 1.84. The van der Waals surface area contributed by atoms with Crippen molar-refractivity contribution >= 4 is 50.9 Å². The Kier molecular flexibility index (Phi) is 2.73. The number of thioether (sulfide) groups is 1. The van der Waals surface area contributed by atoms with E-state index < -0.39 is 0 Å². The van der Waals surface area contributed by atoms with Crippen LogP contribution < -0.4 is 21.7 Å². The summed E-state index contributed by atoms with van der Waals surface area (Å²) in [4.78, 5) is 6.34. The van der Waals surface area contributed by atoms with E-state index >= 15 is 0 Å². The maximum atomic E-state index is 6.30. The topological polar surface area (TPSA) is 55.3 Å². The summed E-state index contributed by atoms with van der Waals surface area (Å²) < 4.78 is 2.80. The molecule has 1 fully saturated rings. The lowest BCUT2D eigenvalue weighted by molar-refractivity contribution is 0.588. The standard InChI is InChI=1S/C20H17BrN4S/c1-9-5-13-20(6-12(9)21)7-14(26-13)24-17-10(2)19-15-11(8-25(19)22)3-4-23-18(15)16(17)20/h5-6,8,14,24H,1-4,7,22H2. The number of fused-ring (bicyclic) bond motifs is 3. The van der Waals surface area contributed by atoms with Crippen molar-refractivity contribution < 1.29 is 0 Å². The number of hydrogen-bond donors (Lipinski definition) is 2. The first-order valence-corrected chi connectivity index (χ1v) is 10.4. The lowest BCUT2D eigenvalue weighted by Gasteiger charge is -2.36. The third-order valence-electron chi connectivity index (χ3n) is 6.03. The average Bonchev–Trinajstić information content (AvgIpc) is 3.08. The second kappa shape index (κ2) is 4.67. The van der Waals surface area contributed by atoms with E-state index in [1.54, 1.807) is 4.68 Å². The van der Waals surface area contributed by atoms with E-state index in [0.717, 1.165) is 51.2 Å². The third-order valence-corrected chi connectivity index (χ3v) is 8.07. The van der Waals surface area contributed by atoms with Crippen LogP contribution in [0.1, 0.15) is 17.5 Å². The van der Waals surface area contributed by atoms with Gasteiger partial charge in [0.05, 0.1) is 27.4 Å². The Morgan fingerprint density at radius 2 is 2.27 bits per heavy atom. The number of allylic oxidation sites excluding steroid dienone is 5. The van der Waals surface area contributed by atoms with Gasteiger partial charge in [-0.05, 0) is 30.1 Å². The monoisotopic (exact) mass is 424 g/mol. The quantitative estimate of drug-likeness (QED) is 0.639. The van der Waals surface area contributed by atoms with Crippen LogP contribution in [0.3, 0.4) is 0 Å². The molecule has 1 saturated heterocycles. The SMILES string of the molecule is C=C1C=C2SC3CC2(C=C1Br)c1c(c(=C)c2c4c(cn2N)CCN=c14)N3. The van der Waals surface area contributed by atoms with Gasteiger partial charge in [0, 0.05) is 38.3 Å². The number of nitrogens with two attached hydrogens (primary N) is 1. The molecular weight excluding hydrogens is 408 g/mol. The van der Waals surface area contributed by atoms with Crippen molar-refractivity contribution in [2.45, 2.75) is 23.6 Å². The van der Waals surface area contributed by atoms with Gasteiger partial charge in [-0.15, -0.1) is 11.8 Å². The van der Waals surface area contributed by atoms with Gasteiger partial charge in [-0.3, -0.25) is 9.67 Å². The van der Waals surface area contributed by atoms with Crippen molar-refractivity contribution in [1.29, 1.82) is 0 Å². The zero-order chi connectivity index (χ0) is 17.8. The lowest BCUT2D eigenvalue weighted by atomic mass is 9.71. The van der Waals surface area contributed by atoms with E-state index in [4.69, 9.17) is 10.8 Å². The van der Waals surface area contributed by atoms with Crippen molar-refractivity contribution in [2.24, 2.45) is 4.99 Å². The summed E-state index contributed by atoms with van der Waals surface area (Å²) >= 11 is 5.62. The second-order valence-electron chi connectivity index (χ2n) is 7.45. The average molecular weight is 425 g/mol. The summed E-state index contributed by atoms with van der Waals surface area (Å²) in [6, 6.07) is 0. The van der Waals surface area contributed by atoms with Crippen LogP contribution in [0.25, 0.3) is 17.5 Å². The summed E-state index contributed by atoms with van der Waals surface area (Å²) in [5.74, 6) is 6.30. The number of benzene rings is 1. The van der Waals surface area contributed by atoms with Crippen LogP contribution in [0.4, 0.5) is 5.69 Å². The molecule has 0 saturated carbocycles. The predicted molar refractivity (Wildman–Crippen MR) is 112 cm³/mol. The van der Waals surface area contributed by atoms with Gasteiger partial charge in [-0.1, -0.05) is 35.2 Å². The molecule has 0 amide bonds. The number of hydrogen-bond acceptors (Lipinski definition) is 4. The van der Waals surface area contributed by atoms with Crippen molar-refractivity contribution in [3.05, 3.63) is 61.6 Å². The number of aromatic nitrogens is 1. The third kappa shape index (κ3) is 1.61. The molecular formula is C20H17BrN4S. The molecule has 1 aromatic heterocycles. The van der Waals surface area contributed by atoms with E-state index in [1.807, 2.05) is 18.0 Å². The highest BCUT2D eigenvalue weighted by molar-refractivity contribution is 9.12. The van der Waals surface area contributed by atoms with Gasteiger partial charge < -0.3 is 11.2 Å². The first-order chi connectivity index (χ1) is 12.5. The Morgan fingerprint density at radius 3 is 3.12 bits per heavy atom. The molecule has 26 heavy (non-hydrogen) atoms. The number of rotatable bonds is 0. The Bertz CT molecular complexity index is 1240. The van der Waals surface area contributed by atoms with Crippen LogP contribution >= 0.6 is 27.7 Å². The summed E-state index contributed by atoms with van der Waals surface area (Å²) in [5, 5.41) is 7.30. The molecule has 130 valence electrons. The van der Waals surface area contributed by atoms with E-state index in [2.05, 4.69) is 46.6 Å². The Hall–Kier alpha value is -1.92. The second-order valence-corrected chi connectivity index (χ2v) is 9.55. The number of nitrogen functional groups attached to an aromatic ring is 1. The molecule has 3 aliphatic heterocycles. The summed E-state index contributed by atoms with van der Waals surface area (Å²) in [7, 11) is 0.